The van der Waals surface area contributed by atoms with E-state index in [0.29, 0.717) is 10.7 Å². The summed E-state index contributed by atoms with van der Waals surface area (Å²) in [6, 6.07) is 7.48. The van der Waals surface area contributed by atoms with E-state index in [1.165, 1.54) is 5.56 Å². The van der Waals surface area contributed by atoms with Crippen molar-refractivity contribution in [2.24, 2.45) is 7.05 Å². The number of aromatic hydroxyl groups is 1. The lowest BCUT2D eigenvalue weighted by atomic mass is 9.95. The predicted molar refractivity (Wildman–Crippen MR) is 98.1 cm³/mol. The van der Waals surface area contributed by atoms with Crippen LogP contribution in [-0.4, -0.2) is 38.3 Å². The van der Waals surface area contributed by atoms with Gasteiger partial charge >= 0.3 is 0 Å². The van der Waals surface area contributed by atoms with E-state index in [2.05, 4.69) is 5.10 Å². The molecule has 0 spiro atoms. The fourth-order valence-corrected chi connectivity index (χ4v) is 3.66. The number of hydrogen-bond acceptors (Lipinski definition) is 3. The quantitative estimate of drug-likeness (QED) is 0.903. The molecular weight excluding hydrogens is 338 g/mol. The zero-order valence-corrected chi connectivity index (χ0v) is 15.5. The van der Waals surface area contributed by atoms with Crippen molar-refractivity contribution in [3.8, 4) is 5.75 Å². The van der Waals surface area contributed by atoms with Crippen LogP contribution < -0.4 is 0 Å². The standard InChI is InChI=1S/C19H24ClN3O2/c1-13-17(20)18(21-22(13)2)19(25)23-12-4-3-5-15(23)9-6-14-7-10-16(24)11-8-14/h7-8,10-11,15,24H,3-6,9,12H2,1-2H3. The number of phenolic OH excluding ortho intramolecular Hbond substituents is 1. The molecule has 1 amide bonds. The number of aryl methyl sites for hydroxylation is 2. The Hall–Kier alpha value is -2.01. The van der Waals surface area contributed by atoms with Gasteiger partial charge in [-0.2, -0.15) is 5.10 Å². The minimum Gasteiger partial charge on any atom is -0.508 e. The highest BCUT2D eigenvalue weighted by molar-refractivity contribution is 6.34. The number of carbonyl (C=O) groups excluding carboxylic acids is 1. The van der Waals surface area contributed by atoms with E-state index in [9.17, 15) is 9.90 Å². The lowest BCUT2D eigenvalue weighted by molar-refractivity contribution is 0.0595. The summed E-state index contributed by atoms with van der Waals surface area (Å²) in [5.74, 6) is 0.211. The molecule has 0 radical (unpaired) electrons. The Morgan fingerprint density at radius 1 is 1.32 bits per heavy atom. The third kappa shape index (κ3) is 3.82. The lowest BCUT2D eigenvalue weighted by Gasteiger charge is -2.35. The van der Waals surface area contributed by atoms with Crippen LogP contribution in [0.1, 0.15) is 47.4 Å². The first-order chi connectivity index (χ1) is 12.0. The highest BCUT2D eigenvalue weighted by Gasteiger charge is 2.30. The fraction of sp³-hybridized carbons (Fsp3) is 0.474. The van der Waals surface area contributed by atoms with Crippen molar-refractivity contribution in [2.75, 3.05) is 6.54 Å². The second-order valence-electron chi connectivity index (χ2n) is 6.72. The number of nitrogens with zero attached hydrogens (tertiary/aromatic N) is 3. The Morgan fingerprint density at radius 3 is 2.68 bits per heavy atom. The van der Waals surface area contributed by atoms with E-state index in [4.69, 9.17) is 11.6 Å². The molecule has 1 aliphatic rings. The second-order valence-corrected chi connectivity index (χ2v) is 7.10. The molecule has 25 heavy (non-hydrogen) atoms. The monoisotopic (exact) mass is 361 g/mol. The van der Waals surface area contributed by atoms with Crippen LogP contribution in [0.3, 0.4) is 0 Å². The Labute approximate surface area is 153 Å². The molecular formula is C19H24ClN3O2. The van der Waals surface area contributed by atoms with Gasteiger partial charge in [0.15, 0.2) is 5.69 Å². The minimum atomic E-state index is -0.0656. The van der Waals surface area contributed by atoms with E-state index < -0.39 is 0 Å². The number of amides is 1. The summed E-state index contributed by atoms with van der Waals surface area (Å²) < 4.78 is 1.66. The average Bonchev–Trinajstić information content (AvgIpc) is 2.88. The average molecular weight is 362 g/mol. The van der Waals surface area contributed by atoms with Gasteiger partial charge in [0.05, 0.1) is 10.7 Å². The molecule has 1 aromatic carbocycles. The molecule has 0 saturated carbocycles. The first kappa shape index (κ1) is 17.8. The smallest absolute Gasteiger partial charge is 0.276 e. The molecule has 0 bridgehead atoms. The topological polar surface area (TPSA) is 58.4 Å². The maximum absolute atomic E-state index is 13.0. The molecule has 2 heterocycles. The molecule has 2 aromatic rings. The third-order valence-corrected chi connectivity index (χ3v) is 5.51. The molecule has 1 atom stereocenters. The highest BCUT2D eigenvalue weighted by Crippen LogP contribution is 2.27. The van der Waals surface area contributed by atoms with E-state index in [1.54, 1.807) is 23.9 Å². The number of piperidine rings is 1. The van der Waals surface area contributed by atoms with Gasteiger partial charge in [0.2, 0.25) is 0 Å². The molecule has 1 unspecified atom stereocenters. The molecule has 134 valence electrons. The Bertz CT molecular complexity index is 755. The van der Waals surface area contributed by atoms with E-state index in [0.717, 1.165) is 44.3 Å². The summed E-state index contributed by atoms with van der Waals surface area (Å²) in [6.07, 6.45) is 4.95. The molecule has 1 aromatic heterocycles. The fourth-order valence-electron chi connectivity index (χ4n) is 3.42. The highest BCUT2D eigenvalue weighted by atomic mass is 35.5. The Kier molecular flexibility index (Phi) is 5.33. The largest absolute Gasteiger partial charge is 0.508 e. The van der Waals surface area contributed by atoms with Gasteiger partial charge in [-0.1, -0.05) is 23.7 Å². The van der Waals surface area contributed by atoms with Crippen molar-refractivity contribution in [1.29, 1.82) is 0 Å². The Balaban J connectivity index is 1.72. The van der Waals surface area contributed by atoms with Crippen molar-refractivity contribution >= 4 is 17.5 Å². The number of carbonyl (C=O) groups is 1. The van der Waals surface area contributed by atoms with Crippen LogP contribution in [0.5, 0.6) is 5.75 Å². The van der Waals surface area contributed by atoms with Crippen molar-refractivity contribution in [3.05, 3.63) is 46.2 Å². The first-order valence-corrected chi connectivity index (χ1v) is 9.13. The number of benzene rings is 1. The van der Waals surface area contributed by atoms with Gasteiger partial charge < -0.3 is 10.0 Å². The molecule has 6 heteroatoms. The van der Waals surface area contributed by atoms with Crippen LogP contribution in [-0.2, 0) is 13.5 Å². The predicted octanol–water partition coefficient (Wildman–Crippen LogP) is 3.72. The summed E-state index contributed by atoms with van der Waals surface area (Å²) in [5.41, 5.74) is 2.34. The summed E-state index contributed by atoms with van der Waals surface area (Å²) in [7, 11) is 1.80. The van der Waals surface area contributed by atoms with Gasteiger partial charge in [-0.05, 0) is 56.7 Å². The molecule has 1 aliphatic heterocycles. The maximum atomic E-state index is 13.0. The van der Waals surface area contributed by atoms with Crippen LogP contribution in [0.15, 0.2) is 24.3 Å². The summed E-state index contributed by atoms with van der Waals surface area (Å²) in [5, 5.41) is 14.2. The minimum absolute atomic E-state index is 0.0656. The van der Waals surface area contributed by atoms with E-state index >= 15 is 0 Å². The van der Waals surface area contributed by atoms with Crippen LogP contribution in [0.4, 0.5) is 0 Å². The van der Waals surface area contributed by atoms with Crippen molar-refractivity contribution in [3.63, 3.8) is 0 Å². The second kappa shape index (κ2) is 7.48. The number of aromatic nitrogens is 2. The zero-order valence-electron chi connectivity index (χ0n) is 14.7. The van der Waals surface area contributed by atoms with Gasteiger partial charge in [0, 0.05) is 19.6 Å². The molecule has 1 fully saturated rings. The number of phenols is 1. The van der Waals surface area contributed by atoms with Crippen molar-refractivity contribution in [2.45, 2.75) is 45.1 Å². The summed E-state index contributed by atoms with van der Waals surface area (Å²) >= 11 is 6.31. The van der Waals surface area contributed by atoms with Gasteiger partial charge in [0.1, 0.15) is 5.75 Å². The van der Waals surface area contributed by atoms with Crippen LogP contribution in [0, 0.1) is 6.92 Å². The summed E-state index contributed by atoms with van der Waals surface area (Å²) in [4.78, 5) is 14.9. The maximum Gasteiger partial charge on any atom is 0.276 e. The SMILES string of the molecule is Cc1c(Cl)c(C(=O)N2CCCCC2CCc2ccc(O)cc2)nn1C. The normalized spacial score (nSPS) is 17.7. The third-order valence-electron chi connectivity index (χ3n) is 5.05. The molecule has 1 saturated heterocycles. The number of rotatable bonds is 4. The van der Waals surface area contributed by atoms with E-state index in [1.807, 2.05) is 24.0 Å². The zero-order chi connectivity index (χ0) is 18.0. The van der Waals surface area contributed by atoms with Crippen LogP contribution >= 0.6 is 11.6 Å². The molecule has 0 aliphatic carbocycles. The molecule has 3 rings (SSSR count). The number of hydrogen-bond donors (Lipinski definition) is 1. The van der Waals surface area contributed by atoms with Crippen molar-refractivity contribution < 1.29 is 9.90 Å². The van der Waals surface area contributed by atoms with Crippen LogP contribution in [0.25, 0.3) is 0 Å². The first-order valence-electron chi connectivity index (χ1n) is 8.75. The van der Waals surface area contributed by atoms with Gasteiger partial charge in [-0.25, -0.2) is 0 Å². The Morgan fingerprint density at radius 2 is 2.04 bits per heavy atom. The number of halogens is 1. The summed E-state index contributed by atoms with van der Waals surface area (Å²) in [6.45, 7) is 2.62. The number of likely N-dealkylation sites (tertiary alicyclic amines) is 1. The molecule has 1 N–H and O–H groups in total. The molecule has 5 nitrogen and oxygen atoms in total. The van der Waals surface area contributed by atoms with Crippen molar-refractivity contribution in [1.82, 2.24) is 14.7 Å². The van der Waals surface area contributed by atoms with Gasteiger partial charge in [0.25, 0.3) is 5.91 Å². The van der Waals surface area contributed by atoms with Crippen LogP contribution in [0.2, 0.25) is 5.02 Å². The van der Waals surface area contributed by atoms with Gasteiger partial charge in [-0.15, -0.1) is 0 Å². The lowest BCUT2D eigenvalue weighted by Crippen LogP contribution is -2.44. The van der Waals surface area contributed by atoms with Gasteiger partial charge in [-0.3, -0.25) is 9.48 Å². The van der Waals surface area contributed by atoms with E-state index in [-0.39, 0.29) is 17.7 Å².